The maximum Gasteiger partial charge on any atom is 0.362 e. The van der Waals surface area contributed by atoms with Gasteiger partial charge in [-0.25, -0.2) is 9.78 Å². The van der Waals surface area contributed by atoms with E-state index in [2.05, 4.69) is 27.7 Å². The Morgan fingerprint density at radius 3 is 2.76 bits per heavy atom. The van der Waals surface area contributed by atoms with Crippen molar-refractivity contribution in [2.45, 2.75) is 0 Å². The van der Waals surface area contributed by atoms with E-state index in [-0.39, 0.29) is 10.8 Å². The average molecular weight is 300 g/mol. The first-order chi connectivity index (χ1) is 10.2. The highest BCUT2D eigenvalue weighted by atomic mass is 32.1. The lowest BCUT2D eigenvalue weighted by atomic mass is 10.2. The van der Waals surface area contributed by atoms with Crippen LogP contribution in [0, 0.1) is 0 Å². The molecule has 1 heterocycles. The number of esters is 1. The summed E-state index contributed by atoms with van der Waals surface area (Å²) in [6.07, 6.45) is 2.98. The topological polar surface area (TPSA) is 89.6 Å². The minimum atomic E-state index is -0.543. The summed E-state index contributed by atoms with van der Waals surface area (Å²) >= 11 is 4.64. The molecule has 3 N–H and O–H groups in total. The van der Waals surface area contributed by atoms with Crippen molar-refractivity contribution in [2.75, 3.05) is 0 Å². The van der Waals surface area contributed by atoms with Gasteiger partial charge in [0.15, 0.2) is 5.11 Å². The fourth-order valence-corrected chi connectivity index (χ4v) is 1.53. The summed E-state index contributed by atoms with van der Waals surface area (Å²) in [5, 5.41) is 3.88. The maximum atomic E-state index is 12.0. The zero-order valence-electron chi connectivity index (χ0n) is 10.9. The lowest BCUT2D eigenvalue weighted by Crippen LogP contribution is -2.24. The van der Waals surface area contributed by atoms with Crippen molar-refractivity contribution < 1.29 is 9.53 Å². The van der Waals surface area contributed by atoms with E-state index in [1.54, 1.807) is 42.5 Å². The Bertz CT molecular complexity index is 674. The van der Waals surface area contributed by atoms with Gasteiger partial charge < -0.3 is 10.5 Å². The molecule has 0 aliphatic rings. The largest absolute Gasteiger partial charge is 0.421 e. The number of hydrogen-bond acceptors (Lipinski definition) is 5. The predicted octanol–water partition coefficient (Wildman–Crippen LogP) is 1.47. The van der Waals surface area contributed by atoms with Gasteiger partial charge in [0, 0.05) is 11.8 Å². The standard InChI is InChI=1S/C14H12N4O2S/c15-14(21)18-17-9-10-5-1-2-7-12(10)20-13(19)11-6-3-4-8-16-11/h1-9H,(H3,15,18,21). The van der Waals surface area contributed by atoms with E-state index in [0.717, 1.165) is 0 Å². The Morgan fingerprint density at radius 2 is 2.05 bits per heavy atom. The van der Waals surface area contributed by atoms with E-state index < -0.39 is 5.97 Å². The molecule has 2 aromatic rings. The number of nitrogens with zero attached hydrogens (tertiary/aromatic N) is 2. The number of nitrogens with one attached hydrogen (secondary N) is 1. The van der Waals surface area contributed by atoms with Crippen molar-refractivity contribution in [3.8, 4) is 5.75 Å². The quantitative estimate of drug-likeness (QED) is 0.292. The second kappa shape index (κ2) is 7.11. The number of rotatable bonds is 4. The molecule has 0 radical (unpaired) electrons. The van der Waals surface area contributed by atoms with Crippen molar-refractivity contribution in [3.63, 3.8) is 0 Å². The number of aromatic nitrogens is 1. The van der Waals surface area contributed by atoms with Crippen LogP contribution >= 0.6 is 12.2 Å². The van der Waals surface area contributed by atoms with Gasteiger partial charge in [-0.1, -0.05) is 18.2 Å². The van der Waals surface area contributed by atoms with Gasteiger partial charge in [0.1, 0.15) is 11.4 Å². The second-order valence-corrected chi connectivity index (χ2v) is 4.32. The SMILES string of the molecule is NC(=S)NN=Cc1ccccc1OC(=O)c1ccccn1. The van der Waals surface area contributed by atoms with E-state index in [1.807, 2.05) is 0 Å². The Labute approximate surface area is 126 Å². The van der Waals surface area contributed by atoms with Crippen LogP contribution in [0.5, 0.6) is 5.75 Å². The van der Waals surface area contributed by atoms with E-state index in [9.17, 15) is 4.79 Å². The molecule has 21 heavy (non-hydrogen) atoms. The minimum Gasteiger partial charge on any atom is -0.421 e. The number of para-hydroxylation sites is 1. The van der Waals surface area contributed by atoms with Crippen molar-refractivity contribution in [1.82, 2.24) is 10.4 Å². The first-order valence-electron chi connectivity index (χ1n) is 5.97. The van der Waals surface area contributed by atoms with E-state index in [1.165, 1.54) is 12.4 Å². The summed E-state index contributed by atoms with van der Waals surface area (Å²) in [5.74, 6) is -0.180. The summed E-state index contributed by atoms with van der Waals surface area (Å²) < 4.78 is 5.30. The Balaban J connectivity index is 2.15. The average Bonchev–Trinajstić information content (AvgIpc) is 2.49. The van der Waals surface area contributed by atoms with Gasteiger partial charge in [0.05, 0.1) is 6.21 Å². The number of hydrazone groups is 1. The van der Waals surface area contributed by atoms with Gasteiger partial charge in [-0.3, -0.25) is 5.43 Å². The fourth-order valence-electron chi connectivity index (χ4n) is 1.48. The highest BCUT2D eigenvalue weighted by Crippen LogP contribution is 2.17. The van der Waals surface area contributed by atoms with Gasteiger partial charge in [-0.2, -0.15) is 5.10 Å². The number of thiocarbonyl (C=S) groups is 1. The number of nitrogens with two attached hydrogens (primary N) is 1. The molecule has 0 aliphatic carbocycles. The lowest BCUT2D eigenvalue weighted by Gasteiger charge is -2.06. The summed E-state index contributed by atoms with van der Waals surface area (Å²) in [5.41, 5.74) is 8.53. The zero-order valence-corrected chi connectivity index (χ0v) is 11.7. The number of carbonyl (C=O) groups is 1. The lowest BCUT2D eigenvalue weighted by molar-refractivity contribution is 0.0728. The fraction of sp³-hybridized carbons (Fsp3) is 0. The highest BCUT2D eigenvalue weighted by Gasteiger charge is 2.11. The van der Waals surface area contributed by atoms with Crippen LogP contribution in [0.15, 0.2) is 53.8 Å². The molecule has 1 aromatic heterocycles. The maximum absolute atomic E-state index is 12.0. The predicted molar refractivity (Wildman–Crippen MR) is 83.2 cm³/mol. The van der Waals surface area contributed by atoms with Crippen LogP contribution in [0.3, 0.4) is 0 Å². The summed E-state index contributed by atoms with van der Waals surface area (Å²) in [4.78, 5) is 15.9. The summed E-state index contributed by atoms with van der Waals surface area (Å²) in [6.45, 7) is 0. The number of benzene rings is 1. The van der Waals surface area contributed by atoms with E-state index >= 15 is 0 Å². The number of hydrogen-bond donors (Lipinski definition) is 2. The number of ether oxygens (including phenoxy) is 1. The van der Waals surface area contributed by atoms with Crippen molar-refractivity contribution in [2.24, 2.45) is 10.8 Å². The van der Waals surface area contributed by atoms with Crippen molar-refractivity contribution in [1.29, 1.82) is 0 Å². The molecule has 0 spiro atoms. The molecule has 0 aliphatic heterocycles. The second-order valence-electron chi connectivity index (χ2n) is 3.88. The molecule has 0 fully saturated rings. The first kappa shape index (κ1) is 14.6. The Hall–Kier alpha value is -2.80. The van der Waals surface area contributed by atoms with Crippen LogP contribution in [-0.2, 0) is 0 Å². The summed E-state index contributed by atoms with van der Waals surface area (Å²) in [7, 11) is 0. The molecule has 7 heteroatoms. The highest BCUT2D eigenvalue weighted by molar-refractivity contribution is 7.80. The van der Waals surface area contributed by atoms with Crippen LogP contribution in [0.4, 0.5) is 0 Å². The molecule has 0 atom stereocenters. The Morgan fingerprint density at radius 1 is 1.29 bits per heavy atom. The number of carbonyl (C=O) groups excluding carboxylic acids is 1. The zero-order chi connectivity index (χ0) is 15.1. The van der Waals surface area contributed by atoms with Crippen LogP contribution in [0.1, 0.15) is 16.1 Å². The van der Waals surface area contributed by atoms with Gasteiger partial charge in [-0.15, -0.1) is 0 Å². The van der Waals surface area contributed by atoms with Gasteiger partial charge in [0.2, 0.25) is 0 Å². The van der Waals surface area contributed by atoms with Crippen LogP contribution in [0.2, 0.25) is 0 Å². The molecule has 106 valence electrons. The molecule has 1 aromatic carbocycles. The molecule has 6 nitrogen and oxygen atoms in total. The monoisotopic (exact) mass is 300 g/mol. The molecule has 0 unspecified atom stereocenters. The third-order valence-electron chi connectivity index (χ3n) is 2.37. The third-order valence-corrected chi connectivity index (χ3v) is 2.47. The molecule has 0 bridgehead atoms. The van der Waals surface area contributed by atoms with Crippen LogP contribution < -0.4 is 15.9 Å². The van der Waals surface area contributed by atoms with Gasteiger partial charge in [-0.05, 0) is 36.5 Å². The van der Waals surface area contributed by atoms with Gasteiger partial charge in [0.25, 0.3) is 0 Å². The number of pyridine rings is 1. The smallest absolute Gasteiger partial charge is 0.362 e. The van der Waals surface area contributed by atoms with E-state index in [4.69, 9.17) is 10.5 Å². The van der Waals surface area contributed by atoms with Gasteiger partial charge >= 0.3 is 5.97 Å². The molecule has 0 saturated heterocycles. The van der Waals surface area contributed by atoms with Crippen molar-refractivity contribution >= 4 is 29.5 Å². The molecule has 0 amide bonds. The molecular weight excluding hydrogens is 288 g/mol. The van der Waals surface area contributed by atoms with E-state index in [0.29, 0.717) is 11.3 Å². The van der Waals surface area contributed by atoms with Crippen molar-refractivity contribution in [3.05, 3.63) is 59.9 Å². The molecular formula is C14H12N4O2S. The third kappa shape index (κ3) is 4.36. The Kier molecular flexibility index (Phi) is 4.94. The molecule has 2 rings (SSSR count). The molecule has 0 saturated carbocycles. The normalized spacial score (nSPS) is 10.3. The van der Waals surface area contributed by atoms with Crippen LogP contribution in [-0.4, -0.2) is 22.3 Å². The summed E-state index contributed by atoms with van der Waals surface area (Å²) in [6, 6.07) is 11.9. The first-order valence-corrected chi connectivity index (χ1v) is 6.38. The minimum absolute atomic E-state index is 0.0502. The van der Waals surface area contributed by atoms with Crippen LogP contribution in [0.25, 0.3) is 0 Å².